The highest BCUT2D eigenvalue weighted by Gasteiger charge is 2.03. The summed E-state index contributed by atoms with van der Waals surface area (Å²) in [5, 5.41) is 2.73. The van der Waals surface area contributed by atoms with Crippen LogP contribution in [0.5, 0.6) is 11.5 Å². The van der Waals surface area contributed by atoms with Crippen molar-refractivity contribution in [3.8, 4) is 11.5 Å². The SMILES string of the molecule is C/C=C/C=C/C(=O)Nc1cc(OC)cc(OC)c1. The molecule has 0 aromatic heterocycles. The van der Waals surface area contributed by atoms with Gasteiger partial charge in [0.2, 0.25) is 5.91 Å². The molecular formula is C14H17NO3. The summed E-state index contributed by atoms with van der Waals surface area (Å²) in [5.74, 6) is 1.05. The minimum Gasteiger partial charge on any atom is -0.497 e. The Bertz CT molecular complexity index is 442. The van der Waals surface area contributed by atoms with Crippen LogP contribution in [0.3, 0.4) is 0 Å². The minimum absolute atomic E-state index is 0.205. The number of methoxy groups -OCH3 is 2. The van der Waals surface area contributed by atoms with Crippen LogP contribution < -0.4 is 14.8 Å². The van der Waals surface area contributed by atoms with E-state index in [1.54, 1.807) is 44.6 Å². The molecule has 0 fully saturated rings. The second kappa shape index (κ2) is 7.17. The zero-order valence-electron chi connectivity index (χ0n) is 10.8. The van der Waals surface area contributed by atoms with Crippen molar-refractivity contribution in [2.75, 3.05) is 19.5 Å². The Hall–Kier alpha value is -2.23. The van der Waals surface area contributed by atoms with Crippen LogP contribution >= 0.6 is 0 Å². The highest BCUT2D eigenvalue weighted by Crippen LogP contribution is 2.25. The molecule has 0 spiro atoms. The third-order valence-corrected chi connectivity index (χ3v) is 2.17. The van der Waals surface area contributed by atoms with Gasteiger partial charge in [-0.05, 0) is 6.92 Å². The summed E-state index contributed by atoms with van der Waals surface area (Å²) in [4.78, 5) is 11.6. The number of carbonyl (C=O) groups excluding carboxylic acids is 1. The summed E-state index contributed by atoms with van der Waals surface area (Å²) in [6.07, 6.45) is 6.75. The molecule has 1 rings (SSSR count). The molecule has 0 bridgehead atoms. The van der Waals surface area contributed by atoms with Gasteiger partial charge in [0.25, 0.3) is 0 Å². The van der Waals surface area contributed by atoms with Crippen LogP contribution in [0.15, 0.2) is 42.5 Å². The summed E-state index contributed by atoms with van der Waals surface area (Å²) >= 11 is 0. The topological polar surface area (TPSA) is 47.6 Å². The van der Waals surface area contributed by atoms with Crippen molar-refractivity contribution in [3.05, 3.63) is 42.5 Å². The number of hydrogen-bond acceptors (Lipinski definition) is 3. The molecule has 0 aliphatic heterocycles. The first-order valence-electron chi connectivity index (χ1n) is 5.53. The third-order valence-electron chi connectivity index (χ3n) is 2.17. The van der Waals surface area contributed by atoms with Crippen molar-refractivity contribution in [1.82, 2.24) is 0 Å². The van der Waals surface area contributed by atoms with Crippen LogP contribution in [0.2, 0.25) is 0 Å². The van der Waals surface area contributed by atoms with E-state index >= 15 is 0 Å². The van der Waals surface area contributed by atoms with Crippen LogP contribution in [0, 0.1) is 0 Å². The quantitative estimate of drug-likeness (QED) is 0.643. The maximum atomic E-state index is 11.6. The predicted octanol–water partition coefficient (Wildman–Crippen LogP) is 2.77. The van der Waals surface area contributed by atoms with Crippen LogP contribution in [0.25, 0.3) is 0 Å². The van der Waals surface area contributed by atoms with Crippen molar-refractivity contribution in [3.63, 3.8) is 0 Å². The van der Waals surface area contributed by atoms with E-state index in [9.17, 15) is 4.79 Å². The highest BCUT2D eigenvalue weighted by molar-refractivity contribution is 5.99. The molecule has 0 heterocycles. The maximum absolute atomic E-state index is 11.6. The van der Waals surface area contributed by atoms with Gasteiger partial charge >= 0.3 is 0 Å². The number of carbonyl (C=O) groups is 1. The summed E-state index contributed by atoms with van der Waals surface area (Å²) in [7, 11) is 3.12. The molecule has 18 heavy (non-hydrogen) atoms. The van der Waals surface area contributed by atoms with E-state index < -0.39 is 0 Å². The van der Waals surface area contributed by atoms with Crippen molar-refractivity contribution in [1.29, 1.82) is 0 Å². The van der Waals surface area contributed by atoms with E-state index in [4.69, 9.17) is 9.47 Å². The summed E-state index contributed by atoms with van der Waals surface area (Å²) in [5.41, 5.74) is 0.626. The average molecular weight is 247 g/mol. The first-order valence-corrected chi connectivity index (χ1v) is 5.53. The largest absolute Gasteiger partial charge is 0.497 e. The number of rotatable bonds is 5. The lowest BCUT2D eigenvalue weighted by Gasteiger charge is -2.08. The van der Waals surface area contributed by atoms with Gasteiger partial charge in [-0.25, -0.2) is 0 Å². The zero-order valence-corrected chi connectivity index (χ0v) is 10.8. The molecule has 0 atom stereocenters. The Morgan fingerprint density at radius 2 is 1.72 bits per heavy atom. The van der Waals surface area contributed by atoms with E-state index in [1.165, 1.54) is 6.08 Å². The second-order valence-electron chi connectivity index (χ2n) is 3.48. The molecule has 0 saturated carbocycles. The maximum Gasteiger partial charge on any atom is 0.248 e. The van der Waals surface area contributed by atoms with Crippen molar-refractivity contribution < 1.29 is 14.3 Å². The molecule has 0 unspecified atom stereocenters. The molecule has 4 heteroatoms. The molecule has 1 N–H and O–H groups in total. The molecule has 0 saturated heterocycles. The number of nitrogens with one attached hydrogen (secondary N) is 1. The van der Waals surface area contributed by atoms with Gasteiger partial charge in [0.1, 0.15) is 11.5 Å². The van der Waals surface area contributed by atoms with E-state index in [0.717, 1.165) is 0 Å². The Balaban J connectivity index is 2.80. The van der Waals surface area contributed by atoms with Gasteiger partial charge in [0, 0.05) is 30.0 Å². The Morgan fingerprint density at radius 3 is 2.22 bits per heavy atom. The molecule has 4 nitrogen and oxygen atoms in total. The van der Waals surface area contributed by atoms with E-state index in [2.05, 4.69) is 5.32 Å². The summed E-state index contributed by atoms with van der Waals surface area (Å²) in [6, 6.07) is 5.19. The Morgan fingerprint density at radius 1 is 1.11 bits per heavy atom. The Kier molecular flexibility index (Phi) is 5.51. The number of allylic oxidation sites excluding steroid dienone is 3. The van der Waals surface area contributed by atoms with Crippen LogP contribution in [0.4, 0.5) is 5.69 Å². The lowest BCUT2D eigenvalue weighted by molar-refractivity contribution is -0.111. The monoisotopic (exact) mass is 247 g/mol. The van der Waals surface area contributed by atoms with Crippen LogP contribution in [-0.2, 0) is 4.79 Å². The fraction of sp³-hybridized carbons (Fsp3) is 0.214. The number of ether oxygens (including phenoxy) is 2. The fourth-order valence-electron chi connectivity index (χ4n) is 1.32. The summed E-state index contributed by atoms with van der Waals surface area (Å²) in [6.45, 7) is 1.88. The van der Waals surface area contributed by atoms with E-state index in [1.807, 2.05) is 13.0 Å². The smallest absolute Gasteiger partial charge is 0.248 e. The van der Waals surface area contributed by atoms with Gasteiger partial charge in [-0.15, -0.1) is 0 Å². The van der Waals surface area contributed by atoms with Gasteiger partial charge < -0.3 is 14.8 Å². The lowest BCUT2D eigenvalue weighted by Crippen LogP contribution is -2.07. The fourth-order valence-corrected chi connectivity index (χ4v) is 1.32. The highest BCUT2D eigenvalue weighted by atomic mass is 16.5. The van der Waals surface area contributed by atoms with E-state index in [-0.39, 0.29) is 5.91 Å². The summed E-state index contributed by atoms with van der Waals surface area (Å²) < 4.78 is 10.2. The Labute approximate surface area is 107 Å². The third kappa shape index (κ3) is 4.33. The minimum atomic E-state index is -0.205. The lowest BCUT2D eigenvalue weighted by atomic mass is 10.2. The van der Waals surface area contributed by atoms with Crippen molar-refractivity contribution >= 4 is 11.6 Å². The average Bonchev–Trinajstić information content (AvgIpc) is 2.38. The zero-order chi connectivity index (χ0) is 13.4. The molecular weight excluding hydrogens is 230 g/mol. The molecule has 0 aliphatic rings. The van der Waals surface area contributed by atoms with Gasteiger partial charge in [-0.3, -0.25) is 4.79 Å². The van der Waals surface area contributed by atoms with Gasteiger partial charge in [0.05, 0.1) is 14.2 Å². The first kappa shape index (κ1) is 13.8. The normalized spacial score (nSPS) is 10.8. The number of anilines is 1. The van der Waals surface area contributed by atoms with Crippen LogP contribution in [-0.4, -0.2) is 20.1 Å². The number of benzene rings is 1. The molecule has 1 aromatic rings. The van der Waals surface area contributed by atoms with E-state index in [0.29, 0.717) is 17.2 Å². The van der Waals surface area contributed by atoms with Crippen molar-refractivity contribution in [2.45, 2.75) is 6.92 Å². The van der Waals surface area contributed by atoms with Gasteiger partial charge in [0.15, 0.2) is 0 Å². The standard InChI is InChI=1S/C14H17NO3/c1-4-5-6-7-14(16)15-11-8-12(17-2)10-13(9-11)18-3/h4-10H,1-3H3,(H,15,16)/b5-4+,7-6+. The predicted molar refractivity (Wildman–Crippen MR) is 72.1 cm³/mol. The van der Waals surface area contributed by atoms with Gasteiger partial charge in [-0.1, -0.05) is 18.2 Å². The van der Waals surface area contributed by atoms with Crippen LogP contribution in [0.1, 0.15) is 6.92 Å². The number of hydrogen-bond donors (Lipinski definition) is 1. The number of amides is 1. The molecule has 1 aromatic carbocycles. The van der Waals surface area contributed by atoms with Crippen molar-refractivity contribution in [2.24, 2.45) is 0 Å². The molecule has 1 amide bonds. The molecule has 0 radical (unpaired) electrons. The second-order valence-corrected chi connectivity index (χ2v) is 3.48. The van der Waals surface area contributed by atoms with Gasteiger partial charge in [-0.2, -0.15) is 0 Å². The molecule has 96 valence electrons. The first-order chi connectivity index (χ1) is 8.69. The molecule has 0 aliphatic carbocycles.